The van der Waals surface area contributed by atoms with Crippen molar-refractivity contribution in [1.29, 1.82) is 0 Å². The van der Waals surface area contributed by atoms with Crippen LogP contribution in [0.3, 0.4) is 0 Å². The number of pyridine rings is 1. The predicted octanol–water partition coefficient (Wildman–Crippen LogP) is 3.99. The smallest absolute Gasteiger partial charge is 0.277 e. The van der Waals surface area contributed by atoms with Gasteiger partial charge in [0.2, 0.25) is 11.8 Å². The molecule has 3 aromatic heterocycles. The molecule has 0 aliphatic carbocycles. The Morgan fingerprint density at radius 2 is 2.07 bits per heavy atom. The van der Waals surface area contributed by atoms with Gasteiger partial charge in [0.25, 0.3) is 5.22 Å². The molecule has 8 nitrogen and oxygen atoms in total. The number of methoxy groups -OCH3 is 1. The van der Waals surface area contributed by atoms with Gasteiger partial charge < -0.3 is 14.5 Å². The number of thioether (sulfide) groups is 1. The van der Waals surface area contributed by atoms with Crippen molar-refractivity contribution >= 4 is 34.1 Å². The Labute approximate surface area is 174 Å². The standard InChI is InChI=1S/C19H15N5O3S2/c1-26-14-6-4-12(5-7-14)15-10-28-18(21-15)22-16(25)11-29-19-24-23-17(27-19)13-3-2-8-20-9-13/h2-10H,11H2,1H3,(H,21,22,25). The van der Waals surface area contributed by atoms with E-state index in [0.29, 0.717) is 16.2 Å². The fourth-order valence-corrected chi connectivity index (χ4v) is 3.68. The van der Waals surface area contributed by atoms with Crippen molar-refractivity contribution in [1.82, 2.24) is 20.2 Å². The first kappa shape index (κ1) is 19.1. The SMILES string of the molecule is COc1ccc(-c2csc(NC(=O)CSc3nnc(-c4cccnc4)o3)n2)cc1. The van der Waals surface area contributed by atoms with Crippen molar-refractivity contribution in [2.75, 3.05) is 18.2 Å². The zero-order chi connectivity index (χ0) is 20.1. The molecule has 1 aromatic carbocycles. The third-order valence-corrected chi connectivity index (χ3v) is 5.35. The number of carbonyl (C=O) groups excluding carboxylic acids is 1. The number of amides is 1. The van der Waals surface area contributed by atoms with Crippen LogP contribution in [0.25, 0.3) is 22.7 Å². The summed E-state index contributed by atoms with van der Waals surface area (Å²) in [6.45, 7) is 0. The number of ether oxygens (including phenoxy) is 1. The van der Waals surface area contributed by atoms with Crippen LogP contribution in [0.15, 0.2) is 63.8 Å². The number of aromatic nitrogens is 4. The number of benzene rings is 1. The third-order valence-electron chi connectivity index (χ3n) is 3.78. The highest BCUT2D eigenvalue weighted by Gasteiger charge is 2.13. The largest absolute Gasteiger partial charge is 0.497 e. The van der Waals surface area contributed by atoms with Gasteiger partial charge in [-0.25, -0.2) is 4.98 Å². The van der Waals surface area contributed by atoms with Gasteiger partial charge in [-0.15, -0.1) is 21.5 Å². The molecule has 146 valence electrons. The molecule has 0 aliphatic rings. The van der Waals surface area contributed by atoms with Gasteiger partial charge in [-0.2, -0.15) is 0 Å². The van der Waals surface area contributed by atoms with Gasteiger partial charge >= 0.3 is 0 Å². The van der Waals surface area contributed by atoms with Crippen LogP contribution < -0.4 is 10.1 Å². The predicted molar refractivity (Wildman–Crippen MR) is 111 cm³/mol. The first-order valence-electron chi connectivity index (χ1n) is 8.48. The Hall–Kier alpha value is -3.24. The van der Waals surface area contributed by atoms with Crippen LogP contribution in [0.4, 0.5) is 5.13 Å². The number of hydrogen-bond acceptors (Lipinski definition) is 9. The normalized spacial score (nSPS) is 10.7. The van der Waals surface area contributed by atoms with E-state index in [1.165, 1.54) is 11.3 Å². The zero-order valence-electron chi connectivity index (χ0n) is 15.2. The first-order chi connectivity index (χ1) is 14.2. The van der Waals surface area contributed by atoms with Crippen LogP contribution in [0.1, 0.15) is 0 Å². The van der Waals surface area contributed by atoms with Crippen molar-refractivity contribution in [3.05, 3.63) is 54.2 Å². The third kappa shape index (κ3) is 4.79. The minimum Gasteiger partial charge on any atom is -0.497 e. The second kappa shape index (κ2) is 8.84. The van der Waals surface area contributed by atoms with Crippen molar-refractivity contribution < 1.29 is 13.9 Å². The summed E-state index contributed by atoms with van der Waals surface area (Å²) in [5.41, 5.74) is 2.47. The first-order valence-corrected chi connectivity index (χ1v) is 10.3. The Morgan fingerprint density at radius 3 is 2.83 bits per heavy atom. The highest BCUT2D eigenvalue weighted by Crippen LogP contribution is 2.27. The molecule has 29 heavy (non-hydrogen) atoms. The summed E-state index contributed by atoms with van der Waals surface area (Å²) in [5.74, 6) is 1.07. The van der Waals surface area contributed by atoms with Gasteiger partial charge in [0, 0.05) is 23.3 Å². The fraction of sp³-hybridized carbons (Fsp3) is 0.105. The molecule has 1 amide bonds. The van der Waals surface area contributed by atoms with Gasteiger partial charge in [-0.3, -0.25) is 9.78 Å². The maximum absolute atomic E-state index is 12.2. The molecule has 0 saturated heterocycles. The summed E-state index contributed by atoms with van der Waals surface area (Å²) < 4.78 is 10.7. The summed E-state index contributed by atoms with van der Waals surface area (Å²) in [6.07, 6.45) is 3.30. The lowest BCUT2D eigenvalue weighted by molar-refractivity contribution is -0.113. The van der Waals surface area contributed by atoms with E-state index in [9.17, 15) is 4.79 Å². The number of nitrogens with zero attached hydrogens (tertiary/aromatic N) is 4. The summed E-state index contributed by atoms with van der Waals surface area (Å²) in [7, 11) is 1.62. The lowest BCUT2D eigenvalue weighted by Gasteiger charge is -2.01. The highest BCUT2D eigenvalue weighted by molar-refractivity contribution is 7.99. The van der Waals surface area contributed by atoms with E-state index in [1.54, 1.807) is 25.6 Å². The van der Waals surface area contributed by atoms with E-state index < -0.39 is 0 Å². The summed E-state index contributed by atoms with van der Waals surface area (Å²) >= 11 is 2.52. The van der Waals surface area contributed by atoms with E-state index in [-0.39, 0.29) is 11.7 Å². The average Bonchev–Trinajstić information content (AvgIpc) is 3.43. The minimum atomic E-state index is -0.202. The van der Waals surface area contributed by atoms with Crippen molar-refractivity contribution in [3.63, 3.8) is 0 Å². The summed E-state index contributed by atoms with van der Waals surface area (Å²) in [5, 5.41) is 13.4. The minimum absolute atomic E-state index is 0.131. The Morgan fingerprint density at radius 1 is 1.21 bits per heavy atom. The van der Waals surface area contributed by atoms with Crippen LogP contribution in [0, 0.1) is 0 Å². The highest BCUT2D eigenvalue weighted by atomic mass is 32.2. The van der Waals surface area contributed by atoms with E-state index >= 15 is 0 Å². The molecule has 4 rings (SSSR count). The second-order valence-corrected chi connectivity index (χ2v) is 7.50. The van der Waals surface area contributed by atoms with Crippen molar-refractivity contribution in [2.24, 2.45) is 0 Å². The Bertz CT molecular complexity index is 1100. The molecule has 4 aromatic rings. The number of rotatable bonds is 7. The van der Waals surface area contributed by atoms with Crippen LogP contribution >= 0.6 is 23.1 Å². The van der Waals surface area contributed by atoms with Gasteiger partial charge in [0.1, 0.15) is 5.75 Å². The summed E-state index contributed by atoms with van der Waals surface area (Å²) in [4.78, 5) is 20.7. The molecule has 0 atom stereocenters. The van der Waals surface area contributed by atoms with Crippen LogP contribution in [0.5, 0.6) is 5.75 Å². The summed E-state index contributed by atoms with van der Waals surface area (Å²) in [6, 6.07) is 11.2. The maximum atomic E-state index is 12.2. The molecule has 0 aliphatic heterocycles. The molecule has 0 saturated carbocycles. The average molecular weight is 425 g/mol. The van der Waals surface area contributed by atoms with Gasteiger partial charge in [0.05, 0.1) is 24.1 Å². The molecule has 0 fully saturated rings. The van der Waals surface area contributed by atoms with E-state index in [0.717, 1.165) is 34.3 Å². The van der Waals surface area contributed by atoms with Gasteiger partial charge in [-0.1, -0.05) is 11.8 Å². The number of anilines is 1. The van der Waals surface area contributed by atoms with Crippen LogP contribution in [-0.2, 0) is 4.79 Å². The van der Waals surface area contributed by atoms with Gasteiger partial charge in [-0.05, 0) is 36.4 Å². The van der Waals surface area contributed by atoms with Crippen LogP contribution in [-0.4, -0.2) is 38.9 Å². The van der Waals surface area contributed by atoms with Gasteiger partial charge in [0.15, 0.2) is 5.13 Å². The lowest BCUT2D eigenvalue weighted by atomic mass is 10.2. The fourth-order valence-electron chi connectivity index (χ4n) is 2.38. The van der Waals surface area contributed by atoms with Crippen LogP contribution in [0.2, 0.25) is 0 Å². The Kier molecular flexibility index (Phi) is 5.82. The molecule has 0 unspecified atom stereocenters. The van der Waals surface area contributed by atoms with Crippen molar-refractivity contribution in [3.8, 4) is 28.5 Å². The maximum Gasteiger partial charge on any atom is 0.277 e. The number of hydrogen-bond donors (Lipinski definition) is 1. The quantitative estimate of drug-likeness (QED) is 0.443. The molecule has 0 bridgehead atoms. The number of nitrogens with one attached hydrogen (secondary N) is 1. The Balaban J connectivity index is 1.32. The molecule has 1 N–H and O–H groups in total. The van der Waals surface area contributed by atoms with E-state index in [4.69, 9.17) is 9.15 Å². The topological polar surface area (TPSA) is 103 Å². The number of carbonyl (C=O) groups is 1. The molecule has 0 radical (unpaired) electrons. The molecule has 3 heterocycles. The second-order valence-electron chi connectivity index (χ2n) is 5.72. The number of thiazole rings is 1. The molecule has 0 spiro atoms. The van der Waals surface area contributed by atoms with Crippen molar-refractivity contribution in [2.45, 2.75) is 5.22 Å². The zero-order valence-corrected chi connectivity index (χ0v) is 16.9. The molecule has 10 heteroatoms. The monoisotopic (exact) mass is 425 g/mol. The molecular formula is C19H15N5O3S2. The van der Waals surface area contributed by atoms with E-state index in [2.05, 4.69) is 25.5 Å². The molecular weight excluding hydrogens is 410 g/mol. The lowest BCUT2D eigenvalue weighted by Crippen LogP contribution is -2.13. The van der Waals surface area contributed by atoms with E-state index in [1.807, 2.05) is 35.7 Å².